The number of anilines is 1. The molecule has 1 rings (SSSR count). The van der Waals surface area contributed by atoms with Gasteiger partial charge in [0.25, 0.3) is 0 Å². The van der Waals surface area contributed by atoms with Crippen LogP contribution >= 0.6 is 11.6 Å². The van der Waals surface area contributed by atoms with Crippen LogP contribution in [0.4, 0.5) is 5.69 Å². The van der Waals surface area contributed by atoms with E-state index in [1.165, 1.54) is 5.57 Å². The monoisotopic (exact) mass is 195 g/mol. The molecule has 1 aromatic rings. The molecule has 0 aliphatic heterocycles. The Labute approximate surface area is 84.4 Å². The fourth-order valence-electron chi connectivity index (χ4n) is 0.911. The van der Waals surface area contributed by atoms with Crippen molar-refractivity contribution in [1.29, 1.82) is 0 Å². The van der Waals surface area contributed by atoms with Gasteiger partial charge in [0, 0.05) is 17.3 Å². The molecule has 1 N–H and O–H groups in total. The molecular formula is C11H14ClN. The van der Waals surface area contributed by atoms with Crippen molar-refractivity contribution in [2.24, 2.45) is 0 Å². The number of halogens is 1. The summed E-state index contributed by atoms with van der Waals surface area (Å²) >= 11 is 5.76. The van der Waals surface area contributed by atoms with Crippen molar-refractivity contribution in [3.05, 3.63) is 40.9 Å². The van der Waals surface area contributed by atoms with Gasteiger partial charge in [-0.2, -0.15) is 0 Å². The smallest absolute Gasteiger partial charge is 0.0407 e. The summed E-state index contributed by atoms with van der Waals surface area (Å²) in [5.41, 5.74) is 2.43. The van der Waals surface area contributed by atoms with Crippen molar-refractivity contribution in [3.8, 4) is 0 Å². The summed E-state index contributed by atoms with van der Waals surface area (Å²) in [5.74, 6) is 0. The predicted octanol–water partition coefficient (Wildman–Crippen LogP) is 3.72. The summed E-state index contributed by atoms with van der Waals surface area (Å²) in [5, 5.41) is 4.07. The van der Waals surface area contributed by atoms with E-state index in [9.17, 15) is 0 Å². The van der Waals surface area contributed by atoms with E-state index in [1.54, 1.807) is 0 Å². The predicted molar refractivity (Wildman–Crippen MR) is 59.4 cm³/mol. The van der Waals surface area contributed by atoms with Gasteiger partial charge in [0.2, 0.25) is 0 Å². The highest BCUT2D eigenvalue weighted by Gasteiger charge is 1.91. The molecule has 0 amide bonds. The maximum atomic E-state index is 5.76. The van der Waals surface area contributed by atoms with Gasteiger partial charge in [-0.1, -0.05) is 23.3 Å². The zero-order valence-electron chi connectivity index (χ0n) is 7.97. The van der Waals surface area contributed by atoms with Gasteiger partial charge < -0.3 is 5.32 Å². The first-order valence-electron chi connectivity index (χ1n) is 4.33. The van der Waals surface area contributed by atoms with E-state index in [0.717, 1.165) is 17.3 Å². The van der Waals surface area contributed by atoms with Crippen LogP contribution < -0.4 is 5.32 Å². The normalized spacial score (nSPS) is 11.5. The van der Waals surface area contributed by atoms with Gasteiger partial charge in [0.05, 0.1) is 0 Å². The molecule has 0 aliphatic rings. The molecule has 1 nitrogen and oxygen atoms in total. The number of benzene rings is 1. The summed E-state index contributed by atoms with van der Waals surface area (Å²) in [6, 6.07) is 7.72. The highest BCUT2D eigenvalue weighted by Crippen LogP contribution is 2.13. The average molecular weight is 196 g/mol. The molecule has 2 heteroatoms. The Bertz CT molecular complexity index is 287. The first-order valence-corrected chi connectivity index (χ1v) is 4.71. The van der Waals surface area contributed by atoms with E-state index in [4.69, 9.17) is 11.6 Å². The molecule has 70 valence electrons. The van der Waals surface area contributed by atoms with Crippen LogP contribution in [0.1, 0.15) is 13.8 Å². The van der Waals surface area contributed by atoms with Crippen molar-refractivity contribution in [1.82, 2.24) is 0 Å². The Balaban J connectivity index is 2.51. The maximum absolute atomic E-state index is 5.76. The van der Waals surface area contributed by atoms with Gasteiger partial charge in [-0.3, -0.25) is 0 Å². The number of nitrogens with one attached hydrogen (secondary N) is 1. The lowest BCUT2D eigenvalue weighted by Crippen LogP contribution is -2.01. The molecule has 0 spiro atoms. The first-order chi connectivity index (χ1) is 6.22. The van der Waals surface area contributed by atoms with Crippen molar-refractivity contribution in [3.63, 3.8) is 0 Å². The molecule has 0 radical (unpaired) electrons. The van der Waals surface area contributed by atoms with E-state index < -0.39 is 0 Å². The largest absolute Gasteiger partial charge is 0.381 e. The van der Waals surface area contributed by atoms with Gasteiger partial charge in [0.15, 0.2) is 0 Å². The van der Waals surface area contributed by atoms with E-state index in [1.807, 2.05) is 31.2 Å². The third kappa shape index (κ3) is 3.51. The van der Waals surface area contributed by atoms with Crippen LogP contribution in [0, 0.1) is 0 Å². The van der Waals surface area contributed by atoms with E-state index in [0.29, 0.717) is 0 Å². The Hall–Kier alpha value is -0.950. The summed E-state index contributed by atoms with van der Waals surface area (Å²) in [6.07, 6.45) is 2.10. The standard InChI is InChI=1S/C11H14ClN/c1-3-9(2)8-13-11-6-4-10(12)5-7-11/h3-7,13H,8H2,1-2H3/b9-3-. The van der Waals surface area contributed by atoms with Gasteiger partial charge in [-0.05, 0) is 38.1 Å². The molecule has 0 fully saturated rings. The SMILES string of the molecule is C/C=C(/C)CNc1ccc(Cl)cc1. The number of hydrogen-bond acceptors (Lipinski definition) is 1. The zero-order chi connectivity index (χ0) is 9.68. The maximum Gasteiger partial charge on any atom is 0.0407 e. The zero-order valence-corrected chi connectivity index (χ0v) is 8.73. The minimum atomic E-state index is 0.772. The van der Waals surface area contributed by atoms with Gasteiger partial charge >= 0.3 is 0 Å². The van der Waals surface area contributed by atoms with Gasteiger partial charge in [-0.15, -0.1) is 0 Å². The highest BCUT2D eigenvalue weighted by molar-refractivity contribution is 6.30. The molecule has 1 aromatic carbocycles. The second kappa shape index (κ2) is 4.93. The minimum absolute atomic E-state index is 0.772. The lowest BCUT2D eigenvalue weighted by atomic mass is 10.2. The summed E-state index contributed by atoms with van der Waals surface area (Å²) in [6.45, 7) is 5.03. The fraction of sp³-hybridized carbons (Fsp3) is 0.273. The van der Waals surface area contributed by atoms with Crippen molar-refractivity contribution in [2.75, 3.05) is 11.9 Å². The number of allylic oxidation sites excluding steroid dienone is 1. The van der Waals surface area contributed by atoms with Crippen LogP contribution in [-0.2, 0) is 0 Å². The lowest BCUT2D eigenvalue weighted by Gasteiger charge is -2.05. The number of hydrogen-bond donors (Lipinski definition) is 1. The second-order valence-corrected chi connectivity index (χ2v) is 3.43. The Morgan fingerprint density at radius 3 is 2.54 bits per heavy atom. The minimum Gasteiger partial charge on any atom is -0.381 e. The van der Waals surface area contributed by atoms with E-state index in [-0.39, 0.29) is 0 Å². The molecule has 0 unspecified atom stereocenters. The Kier molecular flexibility index (Phi) is 3.84. The average Bonchev–Trinajstić information content (AvgIpc) is 2.16. The second-order valence-electron chi connectivity index (χ2n) is 3.00. The van der Waals surface area contributed by atoms with Crippen LogP contribution in [0.25, 0.3) is 0 Å². The van der Waals surface area contributed by atoms with Crippen molar-refractivity contribution in [2.45, 2.75) is 13.8 Å². The Morgan fingerprint density at radius 2 is 2.00 bits per heavy atom. The van der Waals surface area contributed by atoms with Crippen LogP contribution in [0.5, 0.6) is 0 Å². The van der Waals surface area contributed by atoms with Crippen molar-refractivity contribution < 1.29 is 0 Å². The summed E-state index contributed by atoms with van der Waals surface area (Å²) in [7, 11) is 0. The molecule has 0 bridgehead atoms. The highest BCUT2D eigenvalue weighted by atomic mass is 35.5. The van der Waals surface area contributed by atoms with Crippen LogP contribution in [-0.4, -0.2) is 6.54 Å². The molecule has 0 heterocycles. The summed E-state index contributed by atoms with van der Waals surface area (Å²) < 4.78 is 0. The lowest BCUT2D eigenvalue weighted by molar-refractivity contribution is 1.19. The first kappa shape index (κ1) is 10.1. The molecular weight excluding hydrogens is 182 g/mol. The summed E-state index contributed by atoms with van der Waals surface area (Å²) in [4.78, 5) is 0. The topological polar surface area (TPSA) is 12.0 Å². The third-order valence-corrected chi connectivity index (χ3v) is 2.16. The van der Waals surface area contributed by atoms with Crippen LogP contribution in [0.3, 0.4) is 0 Å². The van der Waals surface area contributed by atoms with Gasteiger partial charge in [0.1, 0.15) is 0 Å². The van der Waals surface area contributed by atoms with Crippen LogP contribution in [0.2, 0.25) is 5.02 Å². The number of rotatable bonds is 3. The van der Waals surface area contributed by atoms with Crippen LogP contribution in [0.15, 0.2) is 35.9 Å². The quantitative estimate of drug-likeness (QED) is 0.725. The Morgan fingerprint density at radius 1 is 1.38 bits per heavy atom. The van der Waals surface area contributed by atoms with Gasteiger partial charge in [-0.25, -0.2) is 0 Å². The molecule has 0 atom stereocenters. The van der Waals surface area contributed by atoms with E-state index >= 15 is 0 Å². The molecule has 0 saturated heterocycles. The molecule has 0 saturated carbocycles. The fourth-order valence-corrected chi connectivity index (χ4v) is 1.04. The van der Waals surface area contributed by atoms with Crippen molar-refractivity contribution >= 4 is 17.3 Å². The molecule has 13 heavy (non-hydrogen) atoms. The molecule has 0 aliphatic carbocycles. The third-order valence-electron chi connectivity index (χ3n) is 1.91. The molecule has 0 aromatic heterocycles. The van der Waals surface area contributed by atoms with E-state index in [2.05, 4.69) is 18.3 Å².